The monoisotopic (exact) mass is 287 g/mol. The van der Waals surface area contributed by atoms with Crippen molar-refractivity contribution in [3.8, 4) is 0 Å². The molecule has 0 aliphatic carbocycles. The number of hydrogen-bond acceptors (Lipinski definition) is 3. The number of anilines is 1. The molecule has 2 rings (SSSR count). The number of halogens is 2. The predicted molar refractivity (Wildman–Crippen MR) is 74.1 cm³/mol. The number of nitrogens with one attached hydrogen (secondary N) is 1. The van der Waals surface area contributed by atoms with Crippen molar-refractivity contribution in [1.29, 1.82) is 0 Å². The summed E-state index contributed by atoms with van der Waals surface area (Å²) in [4.78, 5) is 13.9. The molecule has 3 N–H and O–H groups in total. The molecule has 1 aromatic carbocycles. The summed E-state index contributed by atoms with van der Waals surface area (Å²) in [5.74, 6) is -0.103. The van der Waals surface area contributed by atoms with Crippen LogP contribution in [0.15, 0.2) is 18.2 Å². The molecular formula is C12H15Cl2N3O. The molecule has 0 radical (unpaired) electrons. The second-order valence-electron chi connectivity index (χ2n) is 4.46. The van der Waals surface area contributed by atoms with Crippen molar-refractivity contribution in [2.24, 2.45) is 5.73 Å². The van der Waals surface area contributed by atoms with E-state index in [0.29, 0.717) is 22.3 Å². The van der Waals surface area contributed by atoms with Gasteiger partial charge in [0.1, 0.15) is 0 Å². The zero-order valence-corrected chi connectivity index (χ0v) is 11.3. The highest BCUT2D eigenvalue weighted by Crippen LogP contribution is 2.25. The van der Waals surface area contributed by atoms with E-state index in [2.05, 4.69) is 5.32 Å². The van der Waals surface area contributed by atoms with Crippen molar-refractivity contribution in [2.45, 2.75) is 12.5 Å². The number of rotatable bonds is 3. The van der Waals surface area contributed by atoms with E-state index in [1.54, 1.807) is 18.2 Å². The first kappa shape index (κ1) is 13.6. The number of carbonyl (C=O) groups is 1. The largest absolute Gasteiger partial charge is 0.326 e. The van der Waals surface area contributed by atoms with Crippen LogP contribution in [0.1, 0.15) is 6.42 Å². The van der Waals surface area contributed by atoms with Gasteiger partial charge < -0.3 is 11.1 Å². The topological polar surface area (TPSA) is 58.4 Å². The van der Waals surface area contributed by atoms with Gasteiger partial charge >= 0.3 is 0 Å². The Kier molecular flexibility index (Phi) is 4.45. The van der Waals surface area contributed by atoms with E-state index in [1.807, 2.05) is 4.90 Å². The van der Waals surface area contributed by atoms with Crippen molar-refractivity contribution in [2.75, 3.05) is 25.0 Å². The predicted octanol–water partition coefficient (Wildman–Crippen LogP) is 1.96. The molecule has 0 saturated carbocycles. The van der Waals surface area contributed by atoms with Crippen LogP contribution in [-0.4, -0.2) is 36.5 Å². The molecule has 1 amide bonds. The smallest absolute Gasteiger partial charge is 0.238 e. The van der Waals surface area contributed by atoms with E-state index in [-0.39, 0.29) is 11.9 Å². The summed E-state index contributed by atoms with van der Waals surface area (Å²) in [6.45, 7) is 1.95. The Bertz CT molecular complexity index is 453. The first-order valence-corrected chi connectivity index (χ1v) is 6.53. The van der Waals surface area contributed by atoms with Crippen LogP contribution in [0.2, 0.25) is 10.0 Å². The Hall–Kier alpha value is -0.810. The van der Waals surface area contributed by atoms with E-state index in [9.17, 15) is 4.79 Å². The summed E-state index contributed by atoms with van der Waals surface area (Å²) in [5, 5.41) is 3.77. The second-order valence-corrected chi connectivity index (χ2v) is 5.30. The molecule has 1 aromatic rings. The third-order valence-electron chi connectivity index (χ3n) is 2.88. The van der Waals surface area contributed by atoms with Gasteiger partial charge in [0.25, 0.3) is 0 Å². The van der Waals surface area contributed by atoms with Gasteiger partial charge in [0.05, 0.1) is 17.3 Å². The standard InChI is InChI=1S/C12H15Cl2N3O/c13-8-1-2-10(14)11(5-8)16-12(18)7-17-4-3-9(15)6-17/h1-2,5,9H,3-4,6-7,15H2,(H,16,18). The highest BCUT2D eigenvalue weighted by Gasteiger charge is 2.21. The number of nitrogens with zero attached hydrogens (tertiary/aromatic N) is 1. The number of carbonyl (C=O) groups excluding carboxylic acids is 1. The molecule has 1 saturated heterocycles. The minimum absolute atomic E-state index is 0.103. The Morgan fingerprint density at radius 2 is 2.28 bits per heavy atom. The lowest BCUT2D eigenvalue weighted by Crippen LogP contribution is -2.33. The molecule has 4 nitrogen and oxygen atoms in total. The lowest BCUT2D eigenvalue weighted by atomic mass is 10.3. The maximum absolute atomic E-state index is 11.8. The molecule has 0 spiro atoms. The Labute approximate surface area is 116 Å². The molecule has 1 atom stereocenters. The van der Waals surface area contributed by atoms with Crippen molar-refractivity contribution in [3.63, 3.8) is 0 Å². The van der Waals surface area contributed by atoms with Crippen molar-refractivity contribution in [1.82, 2.24) is 4.90 Å². The molecule has 1 aliphatic rings. The van der Waals surface area contributed by atoms with Gasteiger partial charge in [-0.15, -0.1) is 0 Å². The van der Waals surface area contributed by atoms with Gasteiger partial charge in [0, 0.05) is 24.2 Å². The fourth-order valence-corrected chi connectivity index (χ4v) is 2.33. The van der Waals surface area contributed by atoms with Crippen LogP contribution in [0, 0.1) is 0 Å². The fourth-order valence-electron chi connectivity index (χ4n) is 1.99. The first-order valence-electron chi connectivity index (χ1n) is 5.77. The van der Waals surface area contributed by atoms with Crippen LogP contribution in [0.4, 0.5) is 5.69 Å². The van der Waals surface area contributed by atoms with E-state index >= 15 is 0 Å². The number of amides is 1. The molecule has 1 heterocycles. The van der Waals surface area contributed by atoms with E-state index in [0.717, 1.165) is 19.5 Å². The van der Waals surface area contributed by atoms with Gasteiger partial charge in [0.2, 0.25) is 5.91 Å². The summed E-state index contributed by atoms with van der Waals surface area (Å²) >= 11 is 11.8. The van der Waals surface area contributed by atoms with Crippen molar-refractivity contribution in [3.05, 3.63) is 28.2 Å². The maximum atomic E-state index is 11.8. The van der Waals surface area contributed by atoms with Crippen molar-refractivity contribution >= 4 is 34.8 Å². The second kappa shape index (κ2) is 5.89. The zero-order valence-electron chi connectivity index (χ0n) is 9.83. The van der Waals surface area contributed by atoms with Gasteiger partial charge in [0.15, 0.2) is 0 Å². The van der Waals surface area contributed by atoms with E-state index in [1.165, 1.54) is 0 Å². The lowest BCUT2D eigenvalue weighted by Gasteiger charge is -2.15. The Balaban J connectivity index is 1.92. The van der Waals surface area contributed by atoms with Gasteiger partial charge in [-0.1, -0.05) is 23.2 Å². The molecule has 0 aromatic heterocycles. The number of hydrogen-bond donors (Lipinski definition) is 2. The number of likely N-dealkylation sites (tertiary alicyclic amines) is 1. The molecule has 1 fully saturated rings. The quantitative estimate of drug-likeness (QED) is 0.894. The average Bonchev–Trinajstić information content (AvgIpc) is 2.69. The third-order valence-corrected chi connectivity index (χ3v) is 3.44. The number of nitrogens with two attached hydrogens (primary N) is 1. The van der Waals surface area contributed by atoms with Crippen LogP contribution < -0.4 is 11.1 Å². The van der Waals surface area contributed by atoms with Gasteiger partial charge in [-0.05, 0) is 24.6 Å². The SMILES string of the molecule is NC1CCN(CC(=O)Nc2cc(Cl)ccc2Cl)C1. The summed E-state index contributed by atoms with van der Waals surface area (Å²) in [5.41, 5.74) is 6.32. The third kappa shape index (κ3) is 3.59. The Morgan fingerprint density at radius 3 is 2.94 bits per heavy atom. The molecule has 1 unspecified atom stereocenters. The fraction of sp³-hybridized carbons (Fsp3) is 0.417. The van der Waals surface area contributed by atoms with Crippen LogP contribution >= 0.6 is 23.2 Å². The minimum atomic E-state index is -0.103. The van der Waals surface area contributed by atoms with Crippen LogP contribution in [-0.2, 0) is 4.79 Å². The highest BCUT2D eigenvalue weighted by atomic mass is 35.5. The van der Waals surface area contributed by atoms with Gasteiger partial charge in [-0.2, -0.15) is 0 Å². The highest BCUT2D eigenvalue weighted by molar-refractivity contribution is 6.35. The molecule has 98 valence electrons. The average molecular weight is 288 g/mol. The van der Waals surface area contributed by atoms with Crippen molar-refractivity contribution < 1.29 is 4.79 Å². The van der Waals surface area contributed by atoms with E-state index < -0.39 is 0 Å². The molecule has 18 heavy (non-hydrogen) atoms. The van der Waals surface area contributed by atoms with Crippen LogP contribution in [0.3, 0.4) is 0 Å². The van der Waals surface area contributed by atoms with E-state index in [4.69, 9.17) is 28.9 Å². The number of benzene rings is 1. The van der Waals surface area contributed by atoms with Gasteiger partial charge in [-0.3, -0.25) is 9.69 Å². The molecule has 6 heteroatoms. The normalized spacial score (nSPS) is 20.1. The summed E-state index contributed by atoms with van der Waals surface area (Å²) < 4.78 is 0. The molecule has 1 aliphatic heterocycles. The minimum Gasteiger partial charge on any atom is -0.326 e. The zero-order chi connectivity index (χ0) is 13.1. The van der Waals surface area contributed by atoms with Crippen LogP contribution in [0.25, 0.3) is 0 Å². The first-order chi connectivity index (χ1) is 8.54. The molecule has 0 bridgehead atoms. The van der Waals surface area contributed by atoms with Gasteiger partial charge in [-0.25, -0.2) is 0 Å². The summed E-state index contributed by atoms with van der Waals surface area (Å²) in [7, 11) is 0. The summed E-state index contributed by atoms with van der Waals surface area (Å²) in [6.07, 6.45) is 0.936. The van der Waals surface area contributed by atoms with Crippen LogP contribution in [0.5, 0.6) is 0 Å². The summed E-state index contributed by atoms with van der Waals surface area (Å²) in [6, 6.07) is 5.15. The molecular weight excluding hydrogens is 273 g/mol. The maximum Gasteiger partial charge on any atom is 0.238 e. The lowest BCUT2D eigenvalue weighted by molar-refractivity contribution is -0.117. The Morgan fingerprint density at radius 1 is 1.50 bits per heavy atom.